The van der Waals surface area contributed by atoms with E-state index in [2.05, 4.69) is 16.0 Å². The van der Waals surface area contributed by atoms with Gasteiger partial charge in [0.25, 0.3) is 0 Å². The van der Waals surface area contributed by atoms with E-state index in [1.165, 1.54) is 13.8 Å². The second kappa shape index (κ2) is 12.5. The van der Waals surface area contributed by atoms with Gasteiger partial charge in [0.15, 0.2) is 6.04 Å². The quantitative estimate of drug-likeness (QED) is 0.190. The van der Waals surface area contributed by atoms with Gasteiger partial charge in [-0.15, -0.1) is 0 Å². The number of carbonyl (C=O) groups is 4. The van der Waals surface area contributed by atoms with Gasteiger partial charge in [-0.25, -0.2) is 4.79 Å². The monoisotopic (exact) mass is 432 g/mol. The van der Waals surface area contributed by atoms with Gasteiger partial charge >= 0.3 is 5.97 Å². The third-order valence-electron chi connectivity index (χ3n) is 4.92. The zero-order valence-corrected chi connectivity index (χ0v) is 18.4. The van der Waals surface area contributed by atoms with Gasteiger partial charge in [0.05, 0.1) is 18.2 Å². The van der Waals surface area contributed by atoms with Crippen LogP contribution in [-0.2, 0) is 19.2 Å². The number of carboxylic acid groups (broad SMARTS) is 1. The fourth-order valence-corrected chi connectivity index (χ4v) is 2.53. The van der Waals surface area contributed by atoms with Crippen molar-refractivity contribution in [1.29, 1.82) is 0 Å². The van der Waals surface area contributed by atoms with Crippen LogP contribution in [0.4, 0.5) is 0 Å². The van der Waals surface area contributed by atoms with E-state index in [4.69, 9.17) is 10.8 Å². The summed E-state index contributed by atoms with van der Waals surface area (Å²) in [6.45, 7) is 9.50. The number of aliphatic hydroxyl groups is 2. The Labute approximate surface area is 176 Å². The van der Waals surface area contributed by atoms with Crippen LogP contribution in [0.15, 0.2) is 0 Å². The largest absolute Gasteiger partial charge is 0.480 e. The molecule has 0 saturated carbocycles. The first-order valence-electron chi connectivity index (χ1n) is 10.00. The summed E-state index contributed by atoms with van der Waals surface area (Å²) in [5, 5.41) is 35.6. The third kappa shape index (κ3) is 8.25. The maximum atomic E-state index is 12.8. The van der Waals surface area contributed by atoms with Crippen molar-refractivity contribution in [2.45, 2.75) is 84.3 Å². The van der Waals surface area contributed by atoms with Gasteiger partial charge in [0, 0.05) is 0 Å². The molecule has 0 spiro atoms. The summed E-state index contributed by atoms with van der Waals surface area (Å²) < 4.78 is 0. The van der Waals surface area contributed by atoms with Gasteiger partial charge < -0.3 is 37.0 Å². The van der Waals surface area contributed by atoms with Crippen LogP contribution in [0.1, 0.15) is 48.0 Å². The maximum absolute atomic E-state index is 12.8. The molecule has 30 heavy (non-hydrogen) atoms. The Balaban J connectivity index is 5.49. The zero-order chi connectivity index (χ0) is 23.8. The van der Waals surface area contributed by atoms with Crippen LogP contribution in [-0.4, -0.2) is 75.4 Å². The van der Waals surface area contributed by atoms with E-state index in [0.29, 0.717) is 6.42 Å². The van der Waals surface area contributed by atoms with E-state index in [1.54, 1.807) is 20.8 Å². The Hall–Kier alpha value is -2.24. The summed E-state index contributed by atoms with van der Waals surface area (Å²) in [7, 11) is 0. The summed E-state index contributed by atoms with van der Waals surface area (Å²) in [6, 6.07) is -4.97. The number of nitrogens with two attached hydrogens (primary N) is 1. The molecule has 0 aliphatic carbocycles. The number of amides is 3. The summed E-state index contributed by atoms with van der Waals surface area (Å²) in [5.74, 6) is -4.17. The Morgan fingerprint density at radius 3 is 1.53 bits per heavy atom. The van der Waals surface area contributed by atoms with Gasteiger partial charge in [-0.1, -0.05) is 34.1 Å². The molecule has 0 saturated heterocycles. The Morgan fingerprint density at radius 1 is 0.767 bits per heavy atom. The molecule has 11 heteroatoms. The maximum Gasteiger partial charge on any atom is 0.328 e. The van der Waals surface area contributed by atoms with Gasteiger partial charge in [-0.05, 0) is 25.7 Å². The Bertz CT molecular complexity index is 610. The second-order valence-corrected chi connectivity index (χ2v) is 7.93. The Morgan fingerprint density at radius 2 is 1.17 bits per heavy atom. The highest BCUT2D eigenvalue weighted by Crippen LogP contribution is 2.10. The first-order valence-corrected chi connectivity index (χ1v) is 10.00. The van der Waals surface area contributed by atoms with Gasteiger partial charge in [-0.3, -0.25) is 14.4 Å². The number of carboxylic acids is 1. The van der Waals surface area contributed by atoms with Crippen molar-refractivity contribution in [3.8, 4) is 0 Å². The van der Waals surface area contributed by atoms with Crippen molar-refractivity contribution in [2.75, 3.05) is 0 Å². The number of aliphatic hydroxyl groups excluding tert-OH is 2. The topological polar surface area (TPSA) is 191 Å². The van der Waals surface area contributed by atoms with Gasteiger partial charge in [-0.2, -0.15) is 0 Å². The highest BCUT2D eigenvalue weighted by Gasteiger charge is 2.35. The van der Waals surface area contributed by atoms with Crippen LogP contribution in [0.2, 0.25) is 0 Å². The van der Waals surface area contributed by atoms with Crippen molar-refractivity contribution in [1.82, 2.24) is 16.0 Å². The lowest BCUT2D eigenvalue weighted by atomic mass is 9.96. The molecule has 3 amide bonds. The average molecular weight is 433 g/mol. The summed E-state index contributed by atoms with van der Waals surface area (Å²) >= 11 is 0. The summed E-state index contributed by atoms with van der Waals surface area (Å²) in [4.78, 5) is 48.8. The first-order chi connectivity index (χ1) is 13.7. The van der Waals surface area contributed by atoms with E-state index in [0.717, 1.165) is 0 Å². The Kier molecular flexibility index (Phi) is 11.5. The van der Waals surface area contributed by atoms with E-state index in [9.17, 15) is 29.4 Å². The van der Waals surface area contributed by atoms with E-state index in [-0.39, 0.29) is 11.8 Å². The van der Waals surface area contributed by atoms with E-state index < -0.39 is 60.1 Å². The molecule has 7 atom stereocenters. The van der Waals surface area contributed by atoms with Crippen LogP contribution in [0.5, 0.6) is 0 Å². The normalized spacial score (nSPS) is 18.3. The standard InChI is InChI=1S/C19H36N4O7/c1-7-9(4)13(21-16(26)12(20)8(2)3)17(27)22-14(10(5)24)18(28)23-15(11(6)25)19(29)30/h8-15,24-25H,7,20H2,1-6H3,(H,21,26)(H,22,27)(H,23,28)(H,29,30). The van der Waals surface area contributed by atoms with Crippen molar-refractivity contribution in [3.05, 3.63) is 0 Å². The lowest BCUT2D eigenvalue weighted by molar-refractivity contribution is -0.146. The molecular formula is C19H36N4O7. The van der Waals surface area contributed by atoms with Gasteiger partial charge in [0.2, 0.25) is 17.7 Å². The molecule has 0 aromatic heterocycles. The van der Waals surface area contributed by atoms with Crippen LogP contribution >= 0.6 is 0 Å². The minimum atomic E-state index is -1.62. The molecule has 11 nitrogen and oxygen atoms in total. The molecule has 0 aliphatic heterocycles. The van der Waals surface area contributed by atoms with Gasteiger partial charge in [0.1, 0.15) is 12.1 Å². The smallest absolute Gasteiger partial charge is 0.328 e. The average Bonchev–Trinajstić information content (AvgIpc) is 2.65. The molecule has 0 aromatic carbocycles. The molecule has 7 unspecified atom stereocenters. The SMILES string of the molecule is CCC(C)C(NC(=O)C(N)C(C)C)C(=O)NC(C(=O)NC(C(=O)O)C(C)O)C(C)O. The lowest BCUT2D eigenvalue weighted by Crippen LogP contribution is -2.62. The van der Waals surface area contributed by atoms with E-state index in [1.807, 2.05) is 6.92 Å². The minimum Gasteiger partial charge on any atom is -0.480 e. The fraction of sp³-hybridized carbons (Fsp3) is 0.789. The predicted molar refractivity (Wildman–Crippen MR) is 109 cm³/mol. The number of hydrogen-bond acceptors (Lipinski definition) is 7. The van der Waals surface area contributed by atoms with Crippen molar-refractivity contribution >= 4 is 23.7 Å². The molecule has 174 valence electrons. The first kappa shape index (κ1) is 27.8. The molecular weight excluding hydrogens is 396 g/mol. The molecule has 0 aromatic rings. The molecule has 0 rings (SSSR count). The van der Waals surface area contributed by atoms with Crippen LogP contribution < -0.4 is 21.7 Å². The van der Waals surface area contributed by atoms with Crippen LogP contribution in [0, 0.1) is 11.8 Å². The number of hydrogen-bond donors (Lipinski definition) is 7. The predicted octanol–water partition coefficient (Wildman–Crippen LogP) is -1.68. The van der Waals surface area contributed by atoms with E-state index >= 15 is 0 Å². The molecule has 0 radical (unpaired) electrons. The van der Waals surface area contributed by atoms with Crippen molar-refractivity contribution < 1.29 is 34.5 Å². The van der Waals surface area contributed by atoms with Crippen molar-refractivity contribution in [3.63, 3.8) is 0 Å². The number of aliphatic carboxylic acids is 1. The number of nitrogens with one attached hydrogen (secondary N) is 3. The molecule has 0 aliphatic rings. The summed E-state index contributed by atoms with van der Waals surface area (Å²) in [5.41, 5.74) is 5.83. The van der Waals surface area contributed by atoms with Crippen molar-refractivity contribution in [2.24, 2.45) is 17.6 Å². The highest BCUT2D eigenvalue weighted by atomic mass is 16.4. The number of carbonyl (C=O) groups excluding carboxylic acids is 3. The van der Waals surface area contributed by atoms with Crippen LogP contribution in [0.25, 0.3) is 0 Å². The zero-order valence-electron chi connectivity index (χ0n) is 18.4. The molecule has 8 N–H and O–H groups in total. The molecule has 0 heterocycles. The molecule has 0 bridgehead atoms. The number of rotatable bonds is 12. The van der Waals surface area contributed by atoms with Crippen LogP contribution in [0.3, 0.4) is 0 Å². The molecule has 0 fully saturated rings. The lowest BCUT2D eigenvalue weighted by Gasteiger charge is -2.29. The fourth-order valence-electron chi connectivity index (χ4n) is 2.53. The highest BCUT2D eigenvalue weighted by molar-refractivity contribution is 5.94. The minimum absolute atomic E-state index is 0.157. The third-order valence-corrected chi connectivity index (χ3v) is 4.92. The second-order valence-electron chi connectivity index (χ2n) is 7.93. The summed E-state index contributed by atoms with van der Waals surface area (Å²) in [6.07, 6.45) is -2.24.